The first-order chi connectivity index (χ1) is 7.66. The molecule has 16 heavy (non-hydrogen) atoms. The highest BCUT2D eigenvalue weighted by molar-refractivity contribution is 9.10. The molecule has 1 atom stereocenters. The lowest BCUT2D eigenvalue weighted by atomic mass is 10.2. The molecule has 1 aromatic rings. The van der Waals surface area contributed by atoms with Crippen LogP contribution >= 0.6 is 15.9 Å². The van der Waals surface area contributed by atoms with Gasteiger partial charge < -0.3 is 10.6 Å². The molecule has 1 unspecified atom stereocenters. The van der Waals surface area contributed by atoms with Crippen molar-refractivity contribution in [1.82, 2.24) is 10.6 Å². The van der Waals surface area contributed by atoms with Gasteiger partial charge >= 0.3 is 0 Å². The lowest BCUT2D eigenvalue weighted by Gasteiger charge is -2.12. The van der Waals surface area contributed by atoms with E-state index in [0.29, 0.717) is 10.0 Å². The fraction of sp³-hybridized carbons (Fsp3) is 0.364. The maximum atomic E-state index is 13.0. The van der Waals surface area contributed by atoms with Crippen molar-refractivity contribution in [3.05, 3.63) is 34.1 Å². The Labute approximate surface area is 102 Å². The number of halogens is 2. The third-order valence-corrected chi connectivity index (χ3v) is 3.26. The zero-order chi connectivity index (χ0) is 11.5. The van der Waals surface area contributed by atoms with E-state index in [-0.39, 0.29) is 11.9 Å². The lowest BCUT2D eigenvalue weighted by Crippen LogP contribution is -2.36. The smallest absolute Gasteiger partial charge is 0.252 e. The van der Waals surface area contributed by atoms with E-state index in [0.717, 1.165) is 19.5 Å². The van der Waals surface area contributed by atoms with Crippen molar-refractivity contribution >= 4 is 21.8 Å². The van der Waals surface area contributed by atoms with Gasteiger partial charge in [-0.1, -0.05) is 0 Å². The van der Waals surface area contributed by atoms with Crippen LogP contribution < -0.4 is 10.6 Å². The van der Waals surface area contributed by atoms with E-state index < -0.39 is 5.82 Å². The molecule has 1 saturated heterocycles. The Morgan fingerprint density at radius 2 is 2.38 bits per heavy atom. The summed E-state index contributed by atoms with van der Waals surface area (Å²) in [6.07, 6.45) is 0.915. The van der Waals surface area contributed by atoms with Gasteiger partial charge in [-0.05, 0) is 47.1 Å². The highest BCUT2D eigenvalue weighted by atomic mass is 79.9. The second kappa shape index (κ2) is 4.93. The molecule has 0 aliphatic carbocycles. The van der Waals surface area contributed by atoms with Gasteiger partial charge in [-0.15, -0.1) is 0 Å². The SMILES string of the molecule is O=C(NC1CCNC1)c1cc(F)ccc1Br. The lowest BCUT2D eigenvalue weighted by molar-refractivity contribution is 0.0939. The minimum Gasteiger partial charge on any atom is -0.348 e. The van der Waals surface area contributed by atoms with Crippen molar-refractivity contribution in [3.8, 4) is 0 Å². The first-order valence-corrected chi connectivity index (χ1v) is 5.93. The van der Waals surface area contributed by atoms with Crippen LogP contribution in [0.25, 0.3) is 0 Å². The summed E-state index contributed by atoms with van der Waals surface area (Å²) in [5.74, 6) is -0.641. The molecule has 2 N–H and O–H groups in total. The average molecular weight is 287 g/mol. The Balaban J connectivity index is 2.10. The summed E-state index contributed by atoms with van der Waals surface area (Å²) >= 11 is 3.24. The number of hydrogen-bond acceptors (Lipinski definition) is 2. The van der Waals surface area contributed by atoms with Gasteiger partial charge in [-0.3, -0.25) is 4.79 Å². The first-order valence-electron chi connectivity index (χ1n) is 5.13. The molecule has 1 aliphatic rings. The fourth-order valence-corrected chi connectivity index (χ4v) is 2.14. The number of nitrogens with one attached hydrogen (secondary N) is 2. The Hall–Kier alpha value is -0.940. The van der Waals surface area contributed by atoms with Crippen molar-refractivity contribution in [3.63, 3.8) is 0 Å². The Morgan fingerprint density at radius 1 is 1.56 bits per heavy atom. The topological polar surface area (TPSA) is 41.1 Å². The summed E-state index contributed by atoms with van der Waals surface area (Å²) in [6.45, 7) is 1.69. The van der Waals surface area contributed by atoms with E-state index in [1.165, 1.54) is 18.2 Å². The summed E-state index contributed by atoms with van der Waals surface area (Å²) in [7, 11) is 0. The number of carbonyl (C=O) groups excluding carboxylic acids is 1. The molecule has 0 radical (unpaired) electrons. The molecule has 1 aliphatic heterocycles. The summed E-state index contributed by atoms with van der Waals surface area (Å²) in [4.78, 5) is 11.8. The third-order valence-electron chi connectivity index (χ3n) is 2.57. The molecule has 0 spiro atoms. The normalized spacial score (nSPS) is 19.8. The number of hydrogen-bond donors (Lipinski definition) is 2. The molecule has 0 saturated carbocycles. The predicted octanol–water partition coefficient (Wildman–Crippen LogP) is 1.68. The van der Waals surface area contributed by atoms with Crippen LogP contribution in [0.3, 0.4) is 0 Å². The minimum absolute atomic E-state index is 0.141. The average Bonchev–Trinajstić information content (AvgIpc) is 2.74. The van der Waals surface area contributed by atoms with Gasteiger partial charge in [0.15, 0.2) is 0 Å². The van der Waals surface area contributed by atoms with Crippen LogP contribution in [0, 0.1) is 5.82 Å². The zero-order valence-electron chi connectivity index (χ0n) is 8.59. The number of benzene rings is 1. The van der Waals surface area contributed by atoms with Gasteiger partial charge in [-0.25, -0.2) is 4.39 Å². The van der Waals surface area contributed by atoms with Crippen molar-refractivity contribution in [2.45, 2.75) is 12.5 Å². The summed E-state index contributed by atoms with van der Waals surface area (Å²) in [5.41, 5.74) is 0.340. The maximum absolute atomic E-state index is 13.0. The number of amides is 1. The Morgan fingerprint density at radius 3 is 3.06 bits per heavy atom. The quantitative estimate of drug-likeness (QED) is 0.869. The molecular weight excluding hydrogens is 275 g/mol. The first kappa shape index (κ1) is 11.5. The highest BCUT2D eigenvalue weighted by Gasteiger charge is 2.19. The highest BCUT2D eigenvalue weighted by Crippen LogP contribution is 2.18. The van der Waals surface area contributed by atoms with Crippen LogP contribution in [0.2, 0.25) is 0 Å². The molecule has 86 valence electrons. The number of rotatable bonds is 2. The van der Waals surface area contributed by atoms with Gasteiger partial charge in [0, 0.05) is 17.1 Å². The molecule has 1 heterocycles. The zero-order valence-corrected chi connectivity index (χ0v) is 10.2. The van der Waals surface area contributed by atoms with E-state index in [1.807, 2.05) is 0 Å². The second-order valence-corrected chi connectivity index (χ2v) is 4.64. The molecule has 1 amide bonds. The van der Waals surface area contributed by atoms with Gasteiger partial charge in [0.25, 0.3) is 5.91 Å². The summed E-state index contributed by atoms with van der Waals surface area (Å²) in [5, 5.41) is 6.02. The van der Waals surface area contributed by atoms with E-state index in [4.69, 9.17) is 0 Å². The van der Waals surface area contributed by atoms with Gasteiger partial charge in [0.05, 0.1) is 5.56 Å². The molecule has 0 bridgehead atoms. The van der Waals surface area contributed by atoms with Crippen molar-refractivity contribution in [2.75, 3.05) is 13.1 Å². The number of carbonyl (C=O) groups is 1. The molecule has 0 aromatic heterocycles. The fourth-order valence-electron chi connectivity index (χ4n) is 1.71. The molecule has 1 fully saturated rings. The van der Waals surface area contributed by atoms with Gasteiger partial charge in [0.1, 0.15) is 5.82 Å². The predicted molar refractivity (Wildman–Crippen MR) is 62.8 cm³/mol. The van der Waals surface area contributed by atoms with Crippen LogP contribution in [-0.4, -0.2) is 25.0 Å². The molecule has 1 aromatic carbocycles. The van der Waals surface area contributed by atoms with E-state index in [2.05, 4.69) is 26.6 Å². The van der Waals surface area contributed by atoms with Crippen LogP contribution in [0.5, 0.6) is 0 Å². The minimum atomic E-state index is -0.405. The van der Waals surface area contributed by atoms with E-state index >= 15 is 0 Å². The molecule has 2 rings (SSSR count). The van der Waals surface area contributed by atoms with Crippen LogP contribution in [-0.2, 0) is 0 Å². The molecule has 3 nitrogen and oxygen atoms in total. The monoisotopic (exact) mass is 286 g/mol. The van der Waals surface area contributed by atoms with Crippen LogP contribution in [0.4, 0.5) is 4.39 Å². The van der Waals surface area contributed by atoms with Gasteiger partial charge in [0.2, 0.25) is 0 Å². The summed E-state index contributed by atoms with van der Waals surface area (Å²) < 4.78 is 13.6. The van der Waals surface area contributed by atoms with Crippen LogP contribution in [0.1, 0.15) is 16.8 Å². The summed E-state index contributed by atoms with van der Waals surface area (Å²) in [6, 6.07) is 4.24. The van der Waals surface area contributed by atoms with Crippen molar-refractivity contribution in [2.24, 2.45) is 0 Å². The maximum Gasteiger partial charge on any atom is 0.252 e. The Bertz CT molecular complexity index is 405. The van der Waals surface area contributed by atoms with Crippen molar-refractivity contribution in [1.29, 1.82) is 0 Å². The Kier molecular flexibility index (Phi) is 3.56. The van der Waals surface area contributed by atoms with E-state index in [9.17, 15) is 9.18 Å². The van der Waals surface area contributed by atoms with E-state index in [1.54, 1.807) is 0 Å². The molecule has 5 heteroatoms. The standard InChI is InChI=1S/C11H12BrFN2O/c12-10-2-1-7(13)5-9(10)11(16)15-8-3-4-14-6-8/h1-2,5,8,14H,3-4,6H2,(H,15,16). The van der Waals surface area contributed by atoms with Crippen LogP contribution in [0.15, 0.2) is 22.7 Å². The van der Waals surface area contributed by atoms with Crippen molar-refractivity contribution < 1.29 is 9.18 Å². The molecular formula is C11H12BrFN2O. The largest absolute Gasteiger partial charge is 0.348 e. The second-order valence-electron chi connectivity index (χ2n) is 3.79. The van der Waals surface area contributed by atoms with Gasteiger partial charge in [-0.2, -0.15) is 0 Å². The third kappa shape index (κ3) is 2.59.